The fourth-order valence-corrected chi connectivity index (χ4v) is 2.59. The molecule has 0 aliphatic rings. The van der Waals surface area contributed by atoms with Crippen LogP contribution in [0.2, 0.25) is 0 Å². The molecule has 0 bridgehead atoms. The Labute approximate surface area is 150 Å². The summed E-state index contributed by atoms with van der Waals surface area (Å²) in [6.45, 7) is 5.42. The van der Waals surface area contributed by atoms with E-state index >= 15 is 0 Å². The lowest BCUT2D eigenvalue weighted by atomic mass is 10.1. The predicted octanol–water partition coefficient (Wildman–Crippen LogP) is 3.84. The molecular weight excluding hydrogens is 314 g/mol. The number of aliphatic imine (C=N–C) groups is 1. The van der Waals surface area contributed by atoms with Crippen molar-refractivity contribution in [2.75, 3.05) is 26.1 Å². The number of hydrogen-bond acceptors (Lipinski definition) is 3. The van der Waals surface area contributed by atoms with Crippen molar-refractivity contribution in [2.45, 2.75) is 26.8 Å². The van der Waals surface area contributed by atoms with E-state index in [4.69, 9.17) is 9.47 Å². The first-order valence-corrected chi connectivity index (χ1v) is 8.57. The molecule has 0 aliphatic heterocycles. The third kappa shape index (κ3) is 5.14. The molecule has 5 nitrogen and oxygen atoms in total. The van der Waals surface area contributed by atoms with Crippen molar-refractivity contribution < 1.29 is 9.47 Å². The molecule has 0 aromatic heterocycles. The summed E-state index contributed by atoms with van der Waals surface area (Å²) < 4.78 is 10.9. The molecule has 0 saturated carbocycles. The van der Waals surface area contributed by atoms with Crippen molar-refractivity contribution in [3.63, 3.8) is 0 Å². The minimum absolute atomic E-state index is 0.584. The van der Waals surface area contributed by atoms with Crippen LogP contribution in [0.1, 0.15) is 25.0 Å². The van der Waals surface area contributed by atoms with Crippen LogP contribution < -0.4 is 20.1 Å². The molecule has 5 heteroatoms. The number of methoxy groups -OCH3 is 1. The summed E-state index contributed by atoms with van der Waals surface area (Å²) in [7, 11) is 3.39. The molecule has 2 rings (SSSR count). The Balaban J connectivity index is 2.06. The Morgan fingerprint density at radius 3 is 2.44 bits per heavy atom. The van der Waals surface area contributed by atoms with Gasteiger partial charge in [-0.15, -0.1) is 0 Å². The standard InChI is InChI=1S/C20H27N3O2/c1-5-15-9-7-8-10-16(15)14-22-20(21-3)23-17-11-12-18(24-4)19(13-17)25-6-2/h7-13H,5-6,14H2,1-4H3,(H2,21,22,23). The van der Waals surface area contributed by atoms with E-state index in [2.05, 4.69) is 46.8 Å². The Morgan fingerprint density at radius 2 is 1.80 bits per heavy atom. The predicted molar refractivity (Wildman–Crippen MR) is 104 cm³/mol. The summed E-state index contributed by atoms with van der Waals surface area (Å²) in [4.78, 5) is 4.29. The molecule has 2 aromatic rings. The van der Waals surface area contributed by atoms with E-state index in [0.717, 1.165) is 18.7 Å². The number of hydrogen-bond donors (Lipinski definition) is 2. The molecule has 2 N–H and O–H groups in total. The van der Waals surface area contributed by atoms with E-state index in [-0.39, 0.29) is 0 Å². The summed E-state index contributed by atoms with van der Waals surface area (Å²) >= 11 is 0. The number of nitrogens with zero attached hydrogens (tertiary/aromatic N) is 1. The second kappa shape index (κ2) is 9.57. The van der Waals surface area contributed by atoms with Gasteiger partial charge in [-0.1, -0.05) is 31.2 Å². The van der Waals surface area contributed by atoms with Gasteiger partial charge in [0.05, 0.1) is 13.7 Å². The Kier molecular flexibility index (Phi) is 7.14. The monoisotopic (exact) mass is 341 g/mol. The Morgan fingerprint density at radius 1 is 1.04 bits per heavy atom. The lowest BCUT2D eigenvalue weighted by molar-refractivity contribution is 0.311. The van der Waals surface area contributed by atoms with Crippen LogP contribution in [0.25, 0.3) is 0 Å². The van der Waals surface area contributed by atoms with E-state index in [0.29, 0.717) is 24.1 Å². The molecule has 0 radical (unpaired) electrons. The van der Waals surface area contributed by atoms with Crippen molar-refractivity contribution in [1.82, 2.24) is 5.32 Å². The summed E-state index contributed by atoms with van der Waals surface area (Å²) in [6, 6.07) is 14.2. The number of aryl methyl sites for hydroxylation is 1. The third-order valence-corrected chi connectivity index (χ3v) is 3.90. The molecule has 0 aliphatic carbocycles. The van der Waals surface area contributed by atoms with Gasteiger partial charge in [-0.2, -0.15) is 0 Å². The van der Waals surface area contributed by atoms with E-state index in [1.165, 1.54) is 11.1 Å². The van der Waals surface area contributed by atoms with E-state index in [9.17, 15) is 0 Å². The SMILES string of the molecule is CCOc1cc(NC(=NC)NCc2ccccc2CC)ccc1OC. The van der Waals surface area contributed by atoms with Gasteiger partial charge in [0.15, 0.2) is 17.5 Å². The van der Waals surface area contributed by atoms with Crippen LogP contribution in [0, 0.1) is 0 Å². The van der Waals surface area contributed by atoms with Crippen LogP contribution in [-0.4, -0.2) is 26.7 Å². The normalized spacial score (nSPS) is 11.1. The highest BCUT2D eigenvalue weighted by atomic mass is 16.5. The van der Waals surface area contributed by atoms with Crippen molar-refractivity contribution in [1.29, 1.82) is 0 Å². The van der Waals surface area contributed by atoms with Gasteiger partial charge >= 0.3 is 0 Å². The zero-order valence-electron chi connectivity index (χ0n) is 15.4. The van der Waals surface area contributed by atoms with Gasteiger partial charge in [0.2, 0.25) is 0 Å². The molecule has 0 fully saturated rings. The maximum atomic E-state index is 5.62. The van der Waals surface area contributed by atoms with Gasteiger partial charge in [0.1, 0.15) is 0 Å². The summed E-state index contributed by atoms with van der Waals surface area (Å²) in [5.41, 5.74) is 3.51. The van der Waals surface area contributed by atoms with Crippen LogP contribution in [0.3, 0.4) is 0 Å². The van der Waals surface area contributed by atoms with Gasteiger partial charge in [0, 0.05) is 25.3 Å². The van der Waals surface area contributed by atoms with Crippen molar-refractivity contribution in [3.8, 4) is 11.5 Å². The molecule has 2 aromatic carbocycles. The second-order valence-corrected chi connectivity index (χ2v) is 5.47. The quantitative estimate of drug-likeness (QED) is 0.593. The van der Waals surface area contributed by atoms with Gasteiger partial charge < -0.3 is 20.1 Å². The first-order valence-electron chi connectivity index (χ1n) is 8.57. The minimum atomic E-state index is 0.584. The Hall–Kier alpha value is -2.69. The molecule has 0 saturated heterocycles. The lowest BCUT2D eigenvalue weighted by Crippen LogP contribution is -2.30. The highest BCUT2D eigenvalue weighted by Gasteiger charge is 2.07. The van der Waals surface area contributed by atoms with E-state index < -0.39 is 0 Å². The van der Waals surface area contributed by atoms with E-state index in [1.807, 2.05) is 25.1 Å². The molecule has 0 amide bonds. The first kappa shape index (κ1) is 18.6. The number of guanidine groups is 1. The molecule has 0 unspecified atom stereocenters. The van der Waals surface area contributed by atoms with Crippen molar-refractivity contribution in [3.05, 3.63) is 53.6 Å². The van der Waals surface area contributed by atoms with Crippen LogP contribution in [0.15, 0.2) is 47.5 Å². The van der Waals surface area contributed by atoms with Crippen LogP contribution in [0.5, 0.6) is 11.5 Å². The molecule has 0 heterocycles. The fourth-order valence-electron chi connectivity index (χ4n) is 2.59. The average Bonchev–Trinajstić information content (AvgIpc) is 2.65. The summed E-state index contributed by atoms with van der Waals surface area (Å²) in [6.07, 6.45) is 1.01. The zero-order chi connectivity index (χ0) is 18.1. The topological polar surface area (TPSA) is 54.9 Å². The molecule has 0 atom stereocenters. The van der Waals surface area contributed by atoms with Crippen molar-refractivity contribution in [2.24, 2.45) is 4.99 Å². The average molecular weight is 341 g/mol. The maximum absolute atomic E-state index is 5.62. The number of nitrogens with one attached hydrogen (secondary N) is 2. The van der Waals surface area contributed by atoms with Crippen LogP contribution in [-0.2, 0) is 13.0 Å². The maximum Gasteiger partial charge on any atom is 0.195 e. The first-order chi connectivity index (χ1) is 12.2. The Bertz CT molecular complexity index is 714. The molecule has 25 heavy (non-hydrogen) atoms. The number of ether oxygens (including phenoxy) is 2. The van der Waals surface area contributed by atoms with Crippen molar-refractivity contribution >= 4 is 11.6 Å². The fraction of sp³-hybridized carbons (Fsp3) is 0.350. The number of benzene rings is 2. The van der Waals surface area contributed by atoms with Crippen LogP contribution >= 0.6 is 0 Å². The number of rotatable bonds is 7. The summed E-state index contributed by atoms with van der Waals surface area (Å²) in [5, 5.41) is 6.65. The largest absolute Gasteiger partial charge is 0.493 e. The molecular formula is C20H27N3O2. The van der Waals surface area contributed by atoms with E-state index in [1.54, 1.807) is 14.2 Å². The molecule has 134 valence electrons. The minimum Gasteiger partial charge on any atom is -0.493 e. The third-order valence-electron chi connectivity index (χ3n) is 3.90. The van der Waals surface area contributed by atoms with Gasteiger partial charge in [-0.05, 0) is 36.6 Å². The highest BCUT2D eigenvalue weighted by Crippen LogP contribution is 2.30. The van der Waals surface area contributed by atoms with Crippen LogP contribution in [0.4, 0.5) is 5.69 Å². The smallest absolute Gasteiger partial charge is 0.195 e. The van der Waals surface area contributed by atoms with Gasteiger partial charge in [-0.3, -0.25) is 4.99 Å². The molecule has 0 spiro atoms. The van der Waals surface area contributed by atoms with Gasteiger partial charge in [0.25, 0.3) is 0 Å². The van der Waals surface area contributed by atoms with Gasteiger partial charge in [-0.25, -0.2) is 0 Å². The lowest BCUT2D eigenvalue weighted by Gasteiger charge is -2.15. The summed E-state index contributed by atoms with van der Waals surface area (Å²) in [5.74, 6) is 2.13. The zero-order valence-corrected chi connectivity index (χ0v) is 15.4. The highest BCUT2D eigenvalue weighted by molar-refractivity contribution is 5.93. The second-order valence-electron chi connectivity index (χ2n) is 5.47. The number of anilines is 1.